The first kappa shape index (κ1) is 12.8. The lowest BCUT2D eigenvalue weighted by Gasteiger charge is -2.14. The van der Waals surface area contributed by atoms with Crippen LogP contribution in [0.1, 0.15) is 22.0 Å². The molecule has 2 aromatic rings. The highest BCUT2D eigenvalue weighted by molar-refractivity contribution is 6.30. The highest BCUT2D eigenvalue weighted by atomic mass is 35.5. The SMILES string of the molecule is COC(C(=O)c1ccc(Cl)cc1)c1ccccc1. The molecule has 1 unspecified atom stereocenters. The molecule has 0 amide bonds. The van der Waals surface area contributed by atoms with Crippen LogP contribution in [0.15, 0.2) is 54.6 Å². The molecular weight excluding hydrogens is 248 g/mol. The second-order valence-corrected chi connectivity index (χ2v) is 4.33. The summed E-state index contributed by atoms with van der Waals surface area (Å²) >= 11 is 5.80. The Hall–Kier alpha value is -1.64. The standard InChI is InChI=1S/C15H13ClO2/c1-18-15(12-5-3-2-4-6-12)14(17)11-7-9-13(16)10-8-11/h2-10,15H,1H3. The number of carbonyl (C=O) groups excluding carboxylic acids is 1. The van der Waals surface area contributed by atoms with E-state index in [0.717, 1.165) is 5.56 Å². The summed E-state index contributed by atoms with van der Waals surface area (Å²) in [7, 11) is 1.53. The molecule has 92 valence electrons. The number of rotatable bonds is 4. The number of ketones is 1. The average Bonchev–Trinajstić information content (AvgIpc) is 2.41. The monoisotopic (exact) mass is 260 g/mol. The highest BCUT2D eigenvalue weighted by Crippen LogP contribution is 2.22. The third-order valence-corrected chi connectivity index (χ3v) is 2.96. The van der Waals surface area contributed by atoms with Gasteiger partial charge < -0.3 is 4.74 Å². The molecule has 0 aromatic heterocycles. The molecule has 1 atom stereocenters. The van der Waals surface area contributed by atoms with Crippen LogP contribution in [0.2, 0.25) is 5.02 Å². The number of carbonyl (C=O) groups is 1. The Labute approximate surface area is 111 Å². The minimum absolute atomic E-state index is 0.0691. The second kappa shape index (κ2) is 5.80. The maximum atomic E-state index is 12.3. The Bertz CT molecular complexity index is 520. The van der Waals surface area contributed by atoms with Gasteiger partial charge in [-0.15, -0.1) is 0 Å². The van der Waals surface area contributed by atoms with Crippen LogP contribution in [0.5, 0.6) is 0 Å². The summed E-state index contributed by atoms with van der Waals surface area (Å²) < 4.78 is 5.30. The van der Waals surface area contributed by atoms with Crippen LogP contribution in [0.4, 0.5) is 0 Å². The molecule has 0 saturated carbocycles. The molecule has 2 aromatic carbocycles. The fourth-order valence-electron chi connectivity index (χ4n) is 1.79. The molecule has 0 saturated heterocycles. The molecule has 0 N–H and O–H groups in total. The predicted molar refractivity (Wildman–Crippen MR) is 72.0 cm³/mol. The van der Waals surface area contributed by atoms with E-state index in [9.17, 15) is 4.79 Å². The van der Waals surface area contributed by atoms with Gasteiger partial charge in [0.2, 0.25) is 0 Å². The lowest BCUT2D eigenvalue weighted by molar-refractivity contribution is 0.0604. The summed E-state index contributed by atoms with van der Waals surface area (Å²) in [5.74, 6) is -0.0691. The first-order valence-electron chi connectivity index (χ1n) is 5.60. The van der Waals surface area contributed by atoms with Crippen LogP contribution in [-0.2, 0) is 4.74 Å². The normalized spacial score (nSPS) is 12.1. The van der Waals surface area contributed by atoms with Crippen molar-refractivity contribution >= 4 is 17.4 Å². The van der Waals surface area contributed by atoms with E-state index in [1.165, 1.54) is 7.11 Å². The van der Waals surface area contributed by atoms with Crippen molar-refractivity contribution in [1.29, 1.82) is 0 Å². The van der Waals surface area contributed by atoms with Crippen LogP contribution in [0.25, 0.3) is 0 Å². The van der Waals surface area contributed by atoms with Gasteiger partial charge in [-0.25, -0.2) is 0 Å². The highest BCUT2D eigenvalue weighted by Gasteiger charge is 2.21. The van der Waals surface area contributed by atoms with Crippen molar-refractivity contribution in [3.05, 3.63) is 70.7 Å². The number of Topliss-reactive ketones (excluding diaryl/α,β-unsaturated/α-hetero) is 1. The summed E-state index contributed by atoms with van der Waals surface area (Å²) in [6.45, 7) is 0. The van der Waals surface area contributed by atoms with Crippen molar-refractivity contribution in [2.45, 2.75) is 6.10 Å². The average molecular weight is 261 g/mol. The van der Waals surface area contributed by atoms with E-state index in [1.807, 2.05) is 30.3 Å². The first-order valence-corrected chi connectivity index (χ1v) is 5.97. The van der Waals surface area contributed by atoms with Gasteiger partial charge in [-0.2, -0.15) is 0 Å². The molecule has 0 radical (unpaired) electrons. The van der Waals surface area contributed by atoms with Gasteiger partial charge in [-0.1, -0.05) is 41.9 Å². The van der Waals surface area contributed by atoms with Crippen LogP contribution >= 0.6 is 11.6 Å². The number of hydrogen-bond donors (Lipinski definition) is 0. The molecule has 0 fully saturated rings. The molecule has 0 heterocycles. The number of ether oxygens (including phenoxy) is 1. The van der Waals surface area contributed by atoms with Crippen LogP contribution < -0.4 is 0 Å². The zero-order valence-corrected chi connectivity index (χ0v) is 10.7. The third-order valence-electron chi connectivity index (χ3n) is 2.70. The molecule has 2 rings (SSSR count). The van der Waals surface area contributed by atoms with Gasteiger partial charge in [0.05, 0.1) is 0 Å². The molecule has 3 heteroatoms. The molecule has 0 aliphatic rings. The number of benzene rings is 2. The second-order valence-electron chi connectivity index (χ2n) is 3.90. The maximum absolute atomic E-state index is 12.3. The summed E-state index contributed by atoms with van der Waals surface area (Å²) in [6, 6.07) is 16.2. The zero-order chi connectivity index (χ0) is 13.0. The Morgan fingerprint density at radius 2 is 1.67 bits per heavy atom. The minimum atomic E-state index is -0.577. The molecule has 0 bridgehead atoms. The zero-order valence-electron chi connectivity index (χ0n) is 9.97. The van der Waals surface area contributed by atoms with Crippen LogP contribution in [0, 0.1) is 0 Å². The van der Waals surface area contributed by atoms with Crippen molar-refractivity contribution < 1.29 is 9.53 Å². The Morgan fingerprint density at radius 1 is 1.06 bits per heavy atom. The lowest BCUT2D eigenvalue weighted by Crippen LogP contribution is -2.14. The van der Waals surface area contributed by atoms with Crippen molar-refractivity contribution in [3.8, 4) is 0 Å². The molecule has 0 aliphatic heterocycles. The van der Waals surface area contributed by atoms with Gasteiger partial charge in [0.25, 0.3) is 0 Å². The van der Waals surface area contributed by atoms with Gasteiger partial charge in [-0.3, -0.25) is 4.79 Å². The maximum Gasteiger partial charge on any atom is 0.196 e. The van der Waals surface area contributed by atoms with Gasteiger partial charge >= 0.3 is 0 Å². The van der Waals surface area contributed by atoms with E-state index >= 15 is 0 Å². The fourth-order valence-corrected chi connectivity index (χ4v) is 1.91. The summed E-state index contributed by atoms with van der Waals surface area (Å²) in [4.78, 5) is 12.3. The summed E-state index contributed by atoms with van der Waals surface area (Å²) in [6.07, 6.45) is -0.577. The Balaban J connectivity index is 2.28. The quantitative estimate of drug-likeness (QED) is 0.779. The minimum Gasteiger partial charge on any atom is -0.369 e. The summed E-state index contributed by atoms with van der Waals surface area (Å²) in [5.41, 5.74) is 1.44. The van der Waals surface area contributed by atoms with Crippen molar-refractivity contribution in [2.24, 2.45) is 0 Å². The van der Waals surface area contributed by atoms with E-state index in [0.29, 0.717) is 10.6 Å². The molecule has 2 nitrogen and oxygen atoms in total. The predicted octanol–water partition coefficient (Wildman–Crippen LogP) is 3.91. The van der Waals surface area contributed by atoms with E-state index in [1.54, 1.807) is 24.3 Å². The number of hydrogen-bond acceptors (Lipinski definition) is 2. The largest absolute Gasteiger partial charge is 0.369 e. The van der Waals surface area contributed by atoms with Gasteiger partial charge in [0.15, 0.2) is 5.78 Å². The van der Waals surface area contributed by atoms with Crippen molar-refractivity contribution in [1.82, 2.24) is 0 Å². The molecular formula is C15H13ClO2. The smallest absolute Gasteiger partial charge is 0.196 e. The van der Waals surface area contributed by atoms with Gasteiger partial charge in [0, 0.05) is 17.7 Å². The van der Waals surface area contributed by atoms with Gasteiger partial charge in [-0.05, 0) is 29.8 Å². The van der Waals surface area contributed by atoms with Crippen LogP contribution in [0.3, 0.4) is 0 Å². The fraction of sp³-hybridized carbons (Fsp3) is 0.133. The van der Waals surface area contributed by atoms with Crippen LogP contribution in [-0.4, -0.2) is 12.9 Å². The third kappa shape index (κ3) is 2.78. The van der Waals surface area contributed by atoms with E-state index in [4.69, 9.17) is 16.3 Å². The van der Waals surface area contributed by atoms with E-state index in [-0.39, 0.29) is 5.78 Å². The van der Waals surface area contributed by atoms with Crippen molar-refractivity contribution in [3.63, 3.8) is 0 Å². The topological polar surface area (TPSA) is 26.3 Å². The first-order chi connectivity index (χ1) is 8.72. The Morgan fingerprint density at radius 3 is 2.22 bits per heavy atom. The molecule has 0 spiro atoms. The molecule has 0 aliphatic carbocycles. The van der Waals surface area contributed by atoms with E-state index < -0.39 is 6.10 Å². The Kier molecular flexibility index (Phi) is 4.13. The summed E-state index contributed by atoms with van der Waals surface area (Å²) in [5, 5.41) is 0.611. The number of halogens is 1. The van der Waals surface area contributed by atoms with E-state index in [2.05, 4.69) is 0 Å². The van der Waals surface area contributed by atoms with Gasteiger partial charge in [0.1, 0.15) is 6.10 Å². The van der Waals surface area contributed by atoms with Crippen molar-refractivity contribution in [2.75, 3.05) is 7.11 Å². The number of methoxy groups -OCH3 is 1. The molecule has 18 heavy (non-hydrogen) atoms. The lowest BCUT2D eigenvalue weighted by atomic mass is 10.00.